The van der Waals surface area contributed by atoms with Crippen LogP contribution in [0.5, 0.6) is 0 Å². The van der Waals surface area contributed by atoms with E-state index in [9.17, 15) is 9.59 Å². The van der Waals surface area contributed by atoms with Crippen molar-refractivity contribution in [3.05, 3.63) is 45.7 Å². The first kappa shape index (κ1) is 17.6. The van der Waals surface area contributed by atoms with Gasteiger partial charge in [0.2, 0.25) is 0 Å². The zero-order chi connectivity index (χ0) is 17.9. The van der Waals surface area contributed by atoms with Gasteiger partial charge in [-0.3, -0.25) is 15.0 Å². The molecule has 0 saturated heterocycles. The van der Waals surface area contributed by atoms with Gasteiger partial charge in [-0.1, -0.05) is 11.6 Å². The lowest BCUT2D eigenvalue weighted by Gasteiger charge is -2.47. The van der Waals surface area contributed by atoms with Crippen molar-refractivity contribution in [2.75, 3.05) is 10.7 Å². The van der Waals surface area contributed by atoms with Gasteiger partial charge in [0.15, 0.2) is 0 Å². The van der Waals surface area contributed by atoms with Crippen LogP contribution in [-0.4, -0.2) is 31.2 Å². The number of nitrogens with one attached hydrogen (secondary N) is 4. The van der Waals surface area contributed by atoms with Crippen molar-refractivity contribution in [2.24, 2.45) is 0 Å². The van der Waals surface area contributed by atoms with Crippen molar-refractivity contribution in [1.29, 1.82) is 0 Å². The monoisotopic (exact) mass is 407 g/mol. The maximum Gasteiger partial charge on any atom is 0.293 e. The van der Waals surface area contributed by atoms with Gasteiger partial charge in [0, 0.05) is 6.20 Å². The Bertz CT molecular complexity index is 1120. The lowest BCUT2D eigenvalue weighted by molar-refractivity contribution is 0.0790. The molecule has 1 amide bonds. The normalized spacial score (nSPS) is 16.7. The molecule has 1 aliphatic carbocycles. The van der Waals surface area contributed by atoms with E-state index in [1.54, 1.807) is 6.20 Å². The minimum absolute atomic E-state index is 0. The second-order valence-corrected chi connectivity index (χ2v) is 6.89. The average molecular weight is 408 g/mol. The maximum atomic E-state index is 13.0. The van der Waals surface area contributed by atoms with E-state index in [1.807, 2.05) is 6.07 Å². The number of aromatic amines is 1. The molecule has 5 rings (SSSR count). The number of carbonyl (C=O) groups excluding carboxylic acids is 1. The zero-order valence-corrected chi connectivity index (χ0v) is 15.4. The lowest BCUT2D eigenvalue weighted by atomic mass is 9.84. The number of rotatable bonds is 2. The number of H-pyrrole nitrogens is 1. The number of pyridine rings is 1. The lowest BCUT2D eigenvalue weighted by Crippen LogP contribution is -2.67. The third kappa shape index (κ3) is 2.62. The van der Waals surface area contributed by atoms with Crippen molar-refractivity contribution < 1.29 is 4.79 Å². The molecule has 27 heavy (non-hydrogen) atoms. The molecule has 140 valence electrons. The van der Waals surface area contributed by atoms with Crippen LogP contribution in [0.3, 0.4) is 0 Å². The number of hydrogen-bond donors (Lipinski definition) is 4. The molecule has 1 fully saturated rings. The molecule has 1 saturated carbocycles. The van der Waals surface area contributed by atoms with Crippen molar-refractivity contribution >= 4 is 52.5 Å². The van der Waals surface area contributed by atoms with E-state index in [0.29, 0.717) is 11.5 Å². The molecule has 1 aliphatic heterocycles. The molecule has 1 spiro atoms. The average Bonchev–Trinajstić information content (AvgIpc) is 3.07. The molecule has 0 unspecified atom stereocenters. The van der Waals surface area contributed by atoms with E-state index in [1.165, 1.54) is 17.1 Å². The van der Waals surface area contributed by atoms with Gasteiger partial charge in [-0.25, -0.2) is 14.6 Å². The number of anilines is 2. The summed E-state index contributed by atoms with van der Waals surface area (Å²) in [5.41, 5.74) is 3.13. The van der Waals surface area contributed by atoms with Crippen molar-refractivity contribution in [3.8, 4) is 0 Å². The van der Waals surface area contributed by atoms with Gasteiger partial charge in [0.05, 0.1) is 10.4 Å². The molecule has 4 N–H and O–H groups in total. The van der Waals surface area contributed by atoms with Gasteiger partial charge in [-0.15, -0.1) is 12.4 Å². The summed E-state index contributed by atoms with van der Waals surface area (Å²) in [7, 11) is 0. The van der Waals surface area contributed by atoms with Gasteiger partial charge in [-0.05, 0) is 31.4 Å². The standard InChI is InChI=1S/C16H14ClN7O2.ClH/c17-9-6-10(21-13-8-2-5-18-12(8)19-7-20-13)15(26)24-11(9)14(25)22-16(23-24)3-1-4-16;/h2,5-7,23H,1,3-4H2,(H,22,25)(H2,18,19,20,21);1H. The van der Waals surface area contributed by atoms with Crippen LogP contribution in [0.1, 0.15) is 29.8 Å². The highest BCUT2D eigenvalue weighted by Crippen LogP contribution is 2.34. The topological polar surface area (TPSA) is 117 Å². The molecule has 0 atom stereocenters. The largest absolute Gasteiger partial charge is 0.346 e. The highest BCUT2D eigenvalue weighted by atomic mass is 35.5. The third-order valence-electron chi connectivity index (χ3n) is 4.86. The number of amides is 1. The number of carbonyl (C=O) groups is 1. The van der Waals surface area contributed by atoms with Gasteiger partial charge in [0.1, 0.15) is 34.8 Å². The Morgan fingerprint density at radius 3 is 2.81 bits per heavy atom. The van der Waals surface area contributed by atoms with Gasteiger partial charge in [-0.2, -0.15) is 0 Å². The predicted octanol–water partition coefficient (Wildman–Crippen LogP) is 2.11. The summed E-state index contributed by atoms with van der Waals surface area (Å²) in [6.07, 6.45) is 5.64. The Morgan fingerprint density at radius 1 is 1.26 bits per heavy atom. The van der Waals surface area contributed by atoms with Crippen LogP contribution < -0.4 is 21.6 Å². The molecule has 3 aromatic rings. The van der Waals surface area contributed by atoms with E-state index in [4.69, 9.17) is 11.6 Å². The summed E-state index contributed by atoms with van der Waals surface area (Å²) in [4.78, 5) is 36.7. The van der Waals surface area contributed by atoms with Crippen LogP contribution >= 0.6 is 24.0 Å². The molecule has 2 aliphatic rings. The summed E-state index contributed by atoms with van der Waals surface area (Å²) in [6.45, 7) is 0. The molecule has 0 bridgehead atoms. The van der Waals surface area contributed by atoms with E-state index >= 15 is 0 Å². The molecule has 0 radical (unpaired) electrons. The van der Waals surface area contributed by atoms with E-state index in [-0.39, 0.29) is 34.7 Å². The Hall–Kier alpha value is -2.78. The fraction of sp³-hybridized carbons (Fsp3) is 0.250. The fourth-order valence-electron chi connectivity index (χ4n) is 3.38. The summed E-state index contributed by atoms with van der Waals surface area (Å²) >= 11 is 6.29. The second kappa shape index (κ2) is 6.14. The number of hydrogen-bond acceptors (Lipinski definition) is 6. The number of aromatic nitrogens is 4. The summed E-state index contributed by atoms with van der Waals surface area (Å²) in [5.74, 6) is 0.121. The minimum atomic E-state index is -0.571. The molecular weight excluding hydrogens is 393 g/mol. The molecule has 9 nitrogen and oxygen atoms in total. The summed E-state index contributed by atoms with van der Waals surface area (Å²) in [6, 6.07) is 3.25. The maximum absolute atomic E-state index is 13.0. The van der Waals surface area contributed by atoms with Crippen LogP contribution in [0.2, 0.25) is 5.02 Å². The van der Waals surface area contributed by atoms with E-state index < -0.39 is 11.2 Å². The molecule has 11 heteroatoms. The fourth-order valence-corrected chi connectivity index (χ4v) is 3.66. The van der Waals surface area contributed by atoms with Gasteiger partial charge in [0.25, 0.3) is 11.5 Å². The predicted molar refractivity (Wildman–Crippen MR) is 104 cm³/mol. The highest BCUT2D eigenvalue weighted by Gasteiger charge is 2.44. The van der Waals surface area contributed by atoms with Crippen molar-refractivity contribution in [3.63, 3.8) is 0 Å². The molecular formula is C16H15Cl2N7O2. The van der Waals surface area contributed by atoms with Crippen LogP contribution in [0.25, 0.3) is 11.0 Å². The first-order valence-electron chi connectivity index (χ1n) is 8.18. The Morgan fingerprint density at radius 2 is 2.07 bits per heavy atom. The molecule has 4 heterocycles. The van der Waals surface area contributed by atoms with Gasteiger partial charge >= 0.3 is 0 Å². The van der Waals surface area contributed by atoms with E-state index in [0.717, 1.165) is 24.6 Å². The Kier molecular flexibility index (Phi) is 4.01. The SMILES string of the molecule is Cl.O=C1NC2(CCC2)Nn2c1c(Cl)cc(Nc1ncnc3[nH]ccc13)c2=O. The smallest absolute Gasteiger partial charge is 0.293 e. The van der Waals surface area contributed by atoms with Crippen LogP contribution in [0.15, 0.2) is 29.5 Å². The molecule has 0 aromatic carbocycles. The summed E-state index contributed by atoms with van der Waals surface area (Å²) < 4.78 is 1.23. The van der Waals surface area contributed by atoms with Gasteiger partial charge < -0.3 is 15.6 Å². The van der Waals surface area contributed by atoms with Crippen molar-refractivity contribution in [1.82, 2.24) is 24.9 Å². The summed E-state index contributed by atoms with van der Waals surface area (Å²) in [5, 5.41) is 6.83. The Labute approximate surface area is 163 Å². The van der Waals surface area contributed by atoms with Crippen LogP contribution in [0, 0.1) is 0 Å². The number of nitrogens with zero attached hydrogens (tertiary/aromatic N) is 3. The van der Waals surface area contributed by atoms with Crippen LogP contribution in [-0.2, 0) is 0 Å². The third-order valence-corrected chi connectivity index (χ3v) is 5.15. The molecule has 3 aromatic heterocycles. The second-order valence-electron chi connectivity index (χ2n) is 6.48. The zero-order valence-electron chi connectivity index (χ0n) is 13.9. The Balaban J connectivity index is 0.00000180. The quantitative estimate of drug-likeness (QED) is 0.516. The van der Waals surface area contributed by atoms with Crippen molar-refractivity contribution in [2.45, 2.75) is 24.9 Å². The van der Waals surface area contributed by atoms with Crippen LogP contribution in [0.4, 0.5) is 11.5 Å². The number of halogens is 2. The number of fused-ring (bicyclic) bond motifs is 2. The highest BCUT2D eigenvalue weighted by molar-refractivity contribution is 6.34. The minimum Gasteiger partial charge on any atom is -0.346 e. The van der Waals surface area contributed by atoms with E-state index in [2.05, 4.69) is 31.0 Å². The first-order valence-corrected chi connectivity index (χ1v) is 8.55. The first-order chi connectivity index (χ1) is 12.6.